The Morgan fingerprint density at radius 1 is 0.800 bits per heavy atom. The predicted octanol–water partition coefficient (Wildman–Crippen LogP) is 6.22. The van der Waals surface area contributed by atoms with E-state index in [1.165, 1.54) is 10.1 Å². The summed E-state index contributed by atoms with van der Waals surface area (Å²) in [5.74, 6) is -0.412. The fourth-order valence-corrected chi connectivity index (χ4v) is 7.32. The molecule has 0 spiro atoms. The molecule has 0 aliphatic carbocycles. The van der Waals surface area contributed by atoms with Gasteiger partial charge in [0.1, 0.15) is 13.7 Å². The van der Waals surface area contributed by atoms with E-state index in [1.807, 2.05) is 78.5 Å². The molecule has 0 radical (unpaired) electrons. The molecule has 202 valence electrons. The number of amides is 2. The van der Waals surface area contributed by atoms with E-state index in [9.17, 15) is 9.59 Å². The SMILES string of the molecule is C[Si](C)(/C=C/C(=O)N1C(=O)CC[C@H]1COC(c1ccccc1)(c1ccccc1)c1ccccc1)c1ccccc1. The molecule has 4 nitrogen and oxygen atoms in total. The van der Waals surface area contributed by atoms with E-state index in [0.29, 0.717) is 12.8 Å². The lowest BCUT2D eigenvalue weighted by atomic mass is 9.80. The summed E-state index contributed by atoms with van der Waals surface area (Å²) in [5, 5.41) is 1.24. The van der Waals surface area contributed by atoms with E-state index in [1.54, 1.807) is 6.08 Å². The molecule has 5 rings (SSSR count). The summed E-state index contributed by atoms with van der Waals surface area (Å²) in [6, 6.07) is 40.4. The molecule has 40 heavy (non-hydrogen) atoms. The summed E-state index contributed by atoms with van der Waals surface area (Å²) < 4.78 is 6.95. The summed E-state index contributed by atoms with van der Waals surface area (Å²) in [4.78, 5) is 27.9. The minimum Gasteiger partial charge on any atom is -0.359 e. The molecule has 1 heterocycles. The van der Waals surface area contributed by atoms with Gasteiger partial charge in [0.05, 0.1) is 12.6 Å². The first-order valence-corrected chi connectivity index (χ1v) is 16.9. The molecule has 0 aromatic heterocycles. The molecule has 0 saturated carbocycles. The molecule has 4 aromatic carbocycles. The van der Waals surface area contributed by atoms with Crippen LogP contribution in [-0.4, -0.2) is 37.4 Å². The lowest BCUT2D eigenvalue weighted by Crippen LogP contribution is -2.44. The van der Waals surface area contributed by atoms with Crippen LogP contribution in [-0.2, 0) is 19.9 Å². The Morgan fingerprint density at radius 2 is 1.25 bits per heavy atom. The summed E-state index contributed by atoms with van der Waals surface area (Å²) in [5.41, 5.74) is 4.10. The van der Waals surface area contributed by atoms with Crippen LogP contribution in [0, 0.1) is 0 Å². The van der Waals surface area contributed by atoms with Crippen molar-refractivity contribution in [3.05, 3.63) is 150 Å². The Kier molecular flexibility index (Phi) is 8.24. The number of ether oxygens (including phenoxy) is 1. The molecule has 1 saturated heterocycles. The Bertz CT molecular complexity index is 1360. The number of rotatable bonds is 9. The maximum absolute atomic E-state index is 13.5. The van der Waals surface area contributed by atoms with Gasteiger partial charge in [-0.2, -0.15) is 0 Å². The number of likely N-dealkylation sites (tertiary alicyclic amines) is 1. The largest absolute Gasteiger partial charge is 0.359 e. The lowest BCUT2D eigenvalue weighted by Gasteiger charge is -2.37. The van der Waals surface area contributed by atoms with Gasteiger partial charge in [-0.15, -0.1) is 0 Å². The minimum atomic E-state index is -1.99. The standard InChI is InChI=1S/C35H35NO3Si/c1-40(2,32-21-13-6-14-22-32)26-25-34(38)36-31(23-24-33(36)37)27-39-35(28-15-7-3-8-16-28,29-17-9-4-10-18-29)30-19-11-5-12-20-30/h3-22,25-26,31H,23-24,27H2,1-2H3/b26-25+/t31-/m0/s1. The Balaban J connectivity index is 1.46. The van der Waals surface area contributed by atoms with Crippen molar-refractivity contribution in [2.75, 3.05) is 6.61 Å². The smallest absolute Gasteiger partial charge is 0.252 e. The van der Waals surface area contributed by atoms with Crippen LogP contribution < -0.4 is 5.19 Å². The number of carbonyl (C=O) groups excluding carboxylic acids is 2. The van der Waals surface area contributed by atoms with Crippen LogP contribution >= 0.6 is 0 Å². The average Bonchev–Trinajstić information content (AvgIpc) is 3.38. The van der Waals surface area contributed by atoms with Crippen molar-refractivity contribution in [1.82, 2.24) is 4.90 Å². The van der Waals surface area contributed by atoms with Crippen LogP contribution in [0.25, 0.3) is 0 Å². The second-order valence-corrected chi connectivity index (χ2v) is 15.2. The van der Waals surface area contributed by atoms with Crippen molar-refractivity contribution < 1.29 is 14.3 Å². The van der Waals surface area contributed by atoms with E-state index >= 15 is 0 Å². The highest BCUT2D eigenvalue weighted by atomic mass is 28.3. The average molecular weight is 546 g/mol. The van der Waals surface area contributed by atoms with E-state index in [2.05, 4.69) is 61.6 Å². The monoisotopic (exact) mass is 545 g/mol. The van der Waals surface area contributed by atoms with Gasteiger partial charge >= 0.3 is 0 Å². The van der Waals surface area contributed by atoms with Gasteiger partial charge in [0.15, 0.2) is 0 Å². The van der Waals surface area contributed by atoms with Gasteiger partial charge in [0.25, 0.3) is 5.91 Å². The fourth-order valence-electron chi connectivity index (χ4n) is 5.52. The molecule has 4 aromatic rings. The van der Waals surface area contributed by atoms with Gasteiger partial charge in [-0.3, -0.25) is 14.5 Å². The van der Waals surface area contributed by atoms with Crippen molar-refractivity contribution in [2.45, 2.75) is 37.6 Å². The Hall–Kier alpha value is -4.06. The molecule has 1 aliphatic rings. The van der Waals surface area contributed by atoms with Gasteiger partial charge < -0.3 is 4.74 Å². The third-order valence-electron chi connectivity index (χ3n) is 7.76. The normalized spacial score (nSPS) is 16.0. The molecule has 0 unspecified atom stereocenters. The summed E-state index contributed by atoms with van der Waals surface area (Å²) in [6.45, 7) is 4.63. The molecule has 1 fully saturated rings. The van der Waals surface area contributed by atoms with Crippen molar-refractivity contribution in [3.8, 4) is 0 Å². The molecule has 1 aliphatic heterocycles. The van der Waals surface area contributed by atoms with Crippen LogP contribution in [0.4, 0.5) is 0 Å². The maximum atomic E-state index is 13.5. The van der Waals surface area contributed by atoms with Gasteiger partial charge in [-0.25, -0.2) is 0 Å². The predicted molar refractivity (Wildman–Crippen MR) is 163 cm³/mol. The number of nitrogens with zero attached hydrogens (tertiary/aromatic N) is 1. The fraction of sp³-hybridized carbons (Fsp3) is 0.200. The Morgan fingerprint density at radius 3 is 1.73 bits per heavy atom. The Labute approximate surface area is 237 Å². The van der Waals surface area contributed by atoms with E-state index in [4.69, 9.17) is 4.74 Å². The quantitative estimate of drug-likeness (QED) is 0.142. The molecule has 5 heteroatoms. The first-order valence-electron chi connectivity index (χ1n) is 13.8. The number of imide groups is 1. The van der Waals surface area contributed by atoms with Crippen molar-refractivity contribution in [3.63, 3.8) is 0 Å². The van der Waals surface area contributed by atoms with E-state index < -0.39 is 13.7 Å². The van der Waals surface area contributed by atoms with Gasteiger partial charge in [-0.1, -0.05) is 145 Å². The maximum Gasteiger partial charge on any atom is 0.252 e. The minimum absolute atomic E-state index is 0.146. The number of carbonyl (C=O) groups is 2. The molecule has 0 N–H and O–H groups in total. The third-order valence-corrected chi connectivity index (χ3v) is 10.6. The van der Waals surface area contributed by atoms with Crippen molar-refractivity contribution in [2.24, 2.45) is 0 Å². The van der Waals surface area contributed by atoms with Gasteiger partial charge in [0, 0.05) is 6.42 Å². The zero-order valence-electron chi connectivity index (χ0n) is 23.1. The van der Waals surface area contributed by atoms with Crippen molar-refractivity contribution >= 4 is 25.1 Å². The first-order chi connectivity index (χ1) is 19.4. The van der Waals surface area contributed by atoms with Crippen LogP contribution in [0.5, 0.6) is 0 Å². The van der Waals surface area contributed by atoms with Gasteiger partial charge in [-0.05, 0) is 29.2 Å². The molecule has 0 bridgehead atoms. The molecule has 1 atom stereocenters. The summed E-state index contributed by atoms with van der Waals surface area (Å²) in [7, 11) is -1.99. The van der Waals surface area contributed by atoms with Crippen LogP contribution in [0.2, 0.25) is 13.1 Å². The van der Waals surface area contributed by atoms with E-state index in [-0.39, 0.29) is 24.5 Å². The van der Waals surface area contributed by atoms with Crippen LogP contribution in [0.3, 0.4) is 0 Å². The highest BCUT2D eigenvalue weighted by Crippen LogP contribution is 2.41. The zero-order chi connectivity index (χ0) is 28.0. The second kappa shape index (κ2) is 12.0. The number of hydrogen-bond donors (Lipinski definition) is 0. The highest BCUT2D eigenvalue weighted by molar-refractivity contribution is 6.94. The topological polar surface area (TPSA) is 46.6 Å². The second-order valence-electron chi connectivity index (χ2n) is 10.8. The van der Waals surface area contributed by atoms with Crippen LogP contribution in [0.1, 0.15) is 29.5 Å². The molecule has 2 amide bonds. The molecular formula is C35H35NO3Si. The van der Waals surface area contributed by atoms with Crippen LogP contribution in [0.15, 0.2) is 133 Å². The third kappa shape index (κ3) is 5.62. The molecular weight excluding hydrogens is 510 g/mol. The number of hydrogen-bond acceptors (Lipinski definition) is 3. The van der Waals surface area contributed by atoms with Crippen molar-refractivity contribution in [1.29, 1.82) is 0 Å². The first kappa shape index (κ1) is 27.5. The van der Waals surface area contributed by atoms with Gasteiger partial charge in [0.2, 0.25) is 5.91 Å². The summed E-state index contributed by atoms with van der Waals surface area (Å²) in [6.07, 6.45) is 2.52. The summed E-state index contributed by atoms with van der Waals surface area (Å²) >= 11 is 0. The highest BCUT2D eigenvalue weighted by Gasteiger charge is 2.41. The zero-order valence-corrected chi connectivity index (χ0v) is 24.1. The number of benzene rings is 4. The van der Waals surface area contributed by atoms with E-state index in [0.717, 1.165) is 16.7 Å². The lowest BCUT2D eigenvalue weighted by molar-refractivity contribution is -0.142.